The normalized spacial score (nSPS) is 11.1. The molecule has 0 saturated heterocycles. The lowest BCUT2D eigenvalue weighted by atomic mass is 10.1. The summed E-state index contributed by atoms with van der Waals surface area (Å²) in [5.41, 5.74) is 0.819. The number of H-pyrrole nitrogens is 1. The molecule has 0 saturated carbocycles. The Labute approximate surface area is 100 Å². The van der Waals surface area contributed by atoms with Gasteiger partial charge in [-0.2, -0.15) is 0 Å². The van der Waals surface area contributed by atoms with Crippen LogP contribution in [-0.2, 0) is 0 Å². The molecule has 0 fully saturated rings. The zero-order valence-electron chi connectivity index (χ0n) is 8.33. The van der Waals surface area contributed by atoms with Gasteiger partial charge in [0.05, 0.1) is 5.52 Å². The summed E-state index contributed by atoms with van der Waals surface area (Å²) in [5.74, 6) is 0. The number of hydrogen-bond acceptors (Lipinski definition) is 1. The summed E-state index contributed by atoms with van der Waals surface area (Å²) < 4.78 is 0.964. The first kappa shape index (κ1) is 9.60. The van der Waals surface area contributed by atoms with Crippen LogP contribution in [-0.4, -0.2) is 4.98 Å². The molecule has 16 heavy (non-hydrogen) atoms. The van der Waals surface area contributed by atoms with Crippen molar-refractivity contribution in [2.75, 3.05) is 0 Å². The fourth-order valence-corrected chi connectivity index (χ4v) is 2.32. The van der Waals surface area contributed by atoms with E-state index in [1.807, 2.05) is 42.5 Å². The summed E-state index contributed by atoms with van der Waals surface area (Å²) in [6, 6.07) is 13.6. The van der Waals surface area contributed by atoms with Gasteiger partial charge in [-0.25, -0.2) is 0 Å². The van der Waals surface area contributed by atoms with Gasteiger partial charge in [-0.3, -0.25) is 4.79 Å². The maximum absolute atomic E-state index is 11.8. The number of aromatic amines is 1. The first-order valence-electron chi connectivity index (χ1n) is 4.96. The van der Waals surface area contributed by atoms with Crippen molar-refractivity contribution in [1.82, 2.24) is 4.98 Å². The molecule has 0 aliphatic carbocycles. The van der Waals surface area contributed by atoms with Crippen LogP contribution in [0.4, 0.5) is 0 Å². The summed E-state index contributed by atoms with van der Waals surface area (Å²) in [6.07, 6.45) is 0. The molecule has 2 aromatic carbocycles. The molecule has 0 radical (unpaired) electrons. The van der Waals surface area contributed by atoms with Crippen LogP contribution in [0.5, 0.6) is 0 Å². The highest BCUT2D eigenvalue weighted by Gasteiger charge is 2.03. The number of aromatic nitrogens is 1. The minimum Gasteiger partial charge on any atom is -0.321 e. The zero-order valence-corrected chi connectivity index (χ0v) is 9.91. The van der Waals surface area contributed by atoms with Gasteiger partial charge in [0, 0.05) is 15.2 Å². The highest BCUT2D eigenvalue weighted by atomic mass is 79.9. The van der Waals surface area contributed by atoms with Gasteiger partial charge in [-0.1, -0.05) is 40.2 Å². The van der Waals surface area contributed by atoms with Crippen LogP contribution >= 0.6 is 15.9 Å². The topological polar surface area (TPSA) is 32.9 Å². The highest BCUT2D eigenvalue weighted by Crippen LogP contribution is 2.23. The van der Waals surface area contributed by atoms with Crippen LogP contribution in [0.2, 0.25) is 0 Å². The van der Waals surface area contributed by atoms with E-state index in [0.717, 1.165) is 26.1 Å². The lowest BCUT2D eigenvalue weighted by Crippen LogP contribution is -2.05. The number of fused-ring (bicyclic) bond motifs is 3. The smallest absolute Gasteiger partial charge is 0.256 e. The van der Waals surface area contributed by atoms with E-state index in [-0.39, 0.29) is 5.56 Å². The van der Waals surface area contributed by atoms with Crippen molar-refractivity contribution in [3.05, 3.63) is 57.3 Å². The monoisotopic (exact) mass is 273 g/mol. The van der Waals surface area contributed by atoms with Crippen LogP contribution in [0.3, 0.4) is 0 Å². The zero-order chi connectivity index (χ0) is 11.1. The van der Waals surface area contributed by atoms with Gasteiger partial charge in [0.25, 0.3) is 5.56 Å². The van der Waals surface area contributed by atoms with Crippen molar-refractivity contribution >= 4 is 37.6 Å². The van der Waals surface area contributed by atoms with Crippen LogP contribution in [0, 0.1) is 0 Å². The van der Waals surface area contributed by atoms with Crippen molar-refractivity contribution in [2.24, 2.45) is 0 Å². The molecule has 0 aliphatic heterocycles. The van der Waals surface area contributed by atoms with Gasteiger partial charge in [0.15, 0.2) is 0 Å². The van der Waals surface area contributed by atoms with Crippen molar-refractivity contribution in [1.29, 1.82) is 0 Å². The fraction of sp³-hybridized carbons (Fsp3) is 0. The van der Waals surface area contributed by atoms with Crippen LogP contribution < -0.4 is 5.56 Å². The Morgan fingerprint density at radius 1 is 0.938 bits per heavy atom. The lowest BCUT2D eigenvalue weighted by molar-refractivity contribution is 1.34. The predicted molar refractivity (Wildman–Crippen MR) is 69.8 cm³/mol. The Bertz CT molecular complexity index is 746. The van der Waals surface area contributed by atoms with E-state index >= 15 is 0 Å². The molecule has 0 aliphatic rings. The largest absolute Gasteiger partial charge is 0.321 e. The molecule has 3 rings (SSSR count). The van der Waals surface area contributed by atoms with Gasteiger partial charge in [0.2, 0.25) is 0 Å². The first-order chi connectivity index (χ1) is 7.75. The quantitative estimate of drug-likeness (QED) is 0.626. The molecule has 1 heterocycles. The van der Waals surface area contributed by atoms with Crippen LogP contribution in [0.15, 0.2) is 51.7 Å². The number of hydrogen-bond donors (Lipinski definition) is 1. The fourth-order valence-electron chi connectivity index (χ4n) is 1.96. The number of nitrogens with one attached hydrogen (secondary N) is 1. The van der Waals surface area contributed by atoms with Crippen molar-refractivity contribution in [2.45, 2.75) is 0 Å². The Balaban J connectivity index is 2.64. The maximum Gasteiger partial charge on any atom is 0.256 e. The Hall–Kier alpha value is -1.61. The number of benzene rings is 2. The van der Waals surface area contributed by atoms with E-state index < -0.39 is 0 Å². The standard InChI is InChI=1S/C13H8BrNO/c14-8-5-6-10-9-3-1-2-4-11(9)13(16)15-12(10)7-8/h1-7H,(H,15,16). The molecule has 0 atom stereocenters. The molecule has 1 aromatic heterocycles. The molecule has 0 spiro atoms. The summed E-state index contributed by atoms with van der Waals surface area (Å²) in [6.45, 7) is 0. The van der Waals surface area contributed by atoms with Gasteiger partial charge in [0.1, 0.15) is 0 Å². The second-order valence-electron chi connectivity index (χ2n) is 3.69. The van der Waals surface area contributed by atoms with Gasteiger partial charge < -0.3 is 4.98 Å². The molecule has 3 heteroatoms. The molecule has 3 aromatic rings. The molecule has 0 amide bonds. The summed E-state index contributed by atoms with van der Waals surface area (Å²) in [5, 5.41) is 2.80. The Kier molecular flexibility index (Phi) is 2.07. The first-order valence-corrected chi connectivity index (χ1v) is 5.75. The second-order valence-corrected chi connectivity index (χ2v) is 4.61. The number of pyridine rings is 1. The Morgan fingerprint density at radius 2 is 1.69 bits per heavy atom. The summed E-state index contributed by atoms with van der Waals surface area (Å²) >= 11 is 3.40. The molecule has 0 bridgehead atoms. The molecular formula is C13H8BrNO. The van der Waals surface area contributed by atoms with E-state index in [0.29, 0.717) is 0 Å². The summed E-state index contributed by atoms with van der Waals surface area (Å²) in [7, 11) is 0. The van der Waals surface area contributed by atoms with Gasteiger partial charge >= 0.3 is 0 Å². The third kappa shape index (κ3) is 1.36. The maximum atomic E-state index is 11.8. The van der Waals surface area contributed by atoms with Crippen molar-refractivity contribution in [3.63, 3.8) is 0 Å². The van der Waals surface area contributed by atoms with Crippen LogP contribution in [0.25, 0.3) is 21.7 Å². The Morgan fingerprint density at radius 3 is 2.50 bits per heavy atom. The van der Waals surface area contributed by atoms with E-state index in [1.54, 1.807) is 0 Å². The SMILES string of the molecule is O=c1[nH]c2cc(Br)ccc2c2ccccc12. The van der Waals surface area contributed by atoms with E-state index in [2.05, 4.69) is 20.9 Å². The number of halogens is 1. The average Bonchev–Trinajstić information content (AvgIpc) is 2.29. The van der Waals surface area contributed by atoms with Crippen LogP contribution in [0.1, 0.15) is 0 Å². The summed E-state index contributed by atoms with van der Waals surface area (Å²) in [4.78, 5) is 14.7. The van der Waals surface area contributed by atoms with Crippen molar-refractivity contribution < 1.29 is 0 Å². The van der Waals surface area contributed by atoms with Gasteiger partial charge in [-0.15, -0.1) is 0 Å². The van der Waals surface area contributed by atoms with Gasteiger partial charge in [-0.05, 0) is 23.6 Å². The van der Waals surface area contributed by atoms with E-state index in [1.165, 1.54) is 0 Å². The highest BCUT2D eigenvalue weighted by molar-refractivity contribution is 9.10. The number of rotatable bonds is 0. The molecule has 1 N–H and O–H groups in total. The lowest BCUT2D eigenvalue weighted by Gasteiger charge is -2.03. The molecular weight excluding hydrogens is 266 g/mol. The third-order valence-corrected chi connectivity index (χ3v) is 3.18. The van der Waals surface area contributed by atoms with E-state index in [9.17, 15) is 4.79 Å². The molecule has 78 valence electrons. The minimum atomic E-state index is -0.0406. The molecule has 0 unspecified atom stereocenters. The average molecular weight is 274 g/mol. The predicted octanol–water partition coefficient (Wildman–Crippen LogP) is 3.44. The molecule has 2 nitrogen and oxygen atoms in total. The second kappa shape index (κ2) is 3.46. The van der Waals surface area contributed by atoms with Crippen molar-refractivity contribution in [3.8, 4) is 0 Å². The third-order valence-electron chi connectivity index (χ3n) is 2.69. The minimum absolute atomic E-state index is 0.0406. The van der Waals surface area contributed by atoms with E-state index in [4.69, 9.17) is 0 Å².